The number of hydrogen-bond acceptors (Lipinski definition) is 6. The number of ether oxygens (including phenoxy) is 1. The van der Waals surface area contributed by atoms with E-state index in [2.05, 4.69) is 11.2 Å². The minimum atomic E-state index is -4.83. The van der Waals surface area contributed by atoms with E-state index in [-0.39, 0.29) is 36.2 Å². The first-order valence-electron chi connectivity index (χ1n) is 14.1. The van der Waals surface area contributed by atoms with E-state index < -0.39 is 40.9 Å². The van der Waals surface area contributed by atoms with Gasteiger partial charge < -0.3 is 14.5 Å². The van der Waals surface area contributed by atoms with Crippen molar-refractivity contribution in [3.05, 3.63) is 75.0 Å². The van der Waals surface area contributed by atoms with Crippen LogP contribution in [0.15, 0.2) is 42.6 Å². The van der Waals surface area contributed by atoms with Gasteiger partial charge in [-0.2, -0.15) is 23.5 Å². The van der Waals surface area contributed by atoms with Crippen LogP contribution in [0.4, 0.5) is 22.4 Å². The summed E-state index contributed by atoms with van der Waals surface area (Å²) < 4.78 is 63.8. The molecule has 1 fully saturated rings. The summed E-state index contributed by atoms with van der Waals surface area (Å²) >= 11 is 1.19. The normalized spacial score (nSPS) is 18.9. The third-order valence-corrected chi connectivity index (χ3v) is 8.59. The minimum Gasteiger partial charge on any atom is -0.444 e. The van der Waals surface area contributed by atoms with Crippen LogP contribution in [0.2, 0.25) is 0 Å². The number of carbonyl (C=O) groups is 2. The van der Waals surface area contributed by atoms with Gasteiger partial charge in [-0.1, -0.05) is 18.2 Å². The number of nitriles is 1. The summed E-state index contributed by atoms with van der Waals surface area (Å²) in [4.78, 5) is 30.4. The molecule has 3 aromatic rings. The highest BCUT2D eigenvalue weighted by Gasteiger charge is 2.40. The minimum absolute atomic E-state index is 0.0380. The second-order valence-electron chi connectivity index (χ2n) is 11.9. The molecule has 13 heteroatoms. The predicted molar refractivity (Wildman–Crippen MR) is 155 cm³/mol. The van der Waals surface area contributed by atoms with Crippen molar-refractivity contribution in [3.8, 4) is 17.2 Å². The van der Waals surface area contributed by atoms with Gasteiger partial charge in [0, 0.05) is 54.3 Å². The van der Waals surface area contributed by atoms with E-state index in [1.165, 1.54) is 35.4 Å². The van der Waals surface area contributed by atoms with Crippen molar-refractivity contribution >= 4 is 23.3 Å². The highest BCUT2D eigenvalue weighted by molar-refractivity contribution is 7.12. The van der Waals surface area contributed by atoms with Gasteiger partial charge in [0.25, 0.3) is 0 Å². The first-order chi connectivity index (χ1) is 20.7. The van der Waals surface area contributed by atoms with Crippen LogP contribution in [-0.2, 0) is 29.3 Å². The number of aromatic nitrogens is 2. The lowest BCUT2D eigenvalue weighted by Gasteiger charge is -2.33. The fourth-order valence-electron chi connectivity index (χ4n) is 5.74. The largest absolute Gasteiger partial charge is 0.444 e. The zero-order valence-electron chi connectivity index (χ0n) is 24.6. The number of aryl methyl sites for hydroxylation is 1. The Morgan fingerprint density at radius 2 is 1.95 bits per heavy atom. The molecule has 0 radical (unpaired) electrons. The summed E-state index contributed by atoms with van der Waals surface area (Å²) in [6.45, 7) is 6.04. The molecule has 2 aliphatic heterocycles. The number of hydrogen-bond donors (Lipinski definition) is 0. The molecular formula is C31H31F4N5O3S. The lowest BCUT2D eigenvalue weighted by molar-refractivity contribution is -0.141. The first-order valence-corrected chi connectivity index (χ1v) is 14.9. The molecule has 1 saturated heterocycles. The van der Waals surface area contributed by atoms with E-state index in [9.17, 15) is 28.0 Å². The number of thiophene rings is 1. The van der Waals surface area contributed by atoms with Crippen LogP contribution in [0.25, 0.3) is 11.1 Å². The van der Waals surface area contributed by atoms with Crippen molar-refractivity contribution in [2.45, 2.75) is 63.9 Å². The van der Waals surface area contributed by atoms with E-state index in [0.717, 1.165) is 23.4 Å². The first kappa shape index (κ1) is 31.3. The number of halogens is 4. The van der Waals surface area contributed by atoms with Gasteiger partial charge in [-0.3, -0.25) is 9.48 Å². The summed E-state index contributed by atoms with van der Waals surface area (Å²) in [5.74, 6) is -1.95. The Morgan fingerprint density at radius 1 is 1.20 bits per heavy atom. The van der Waals surface area contributed by atoms with Gasteiger partial charge in [-0.15, -0.1) is 11.3 Å². The van der Waals surface area contributed by atoms with Gasteiger partial charge in [0.05, 0.1) is 12.6 Å². The molecule has 44 heavy (non-hydrogen) atoms. The monoisotopic (exact) mass is 629 g/mol. The van der Waals surface area contributed by atoms with Crippen LogP contribution in [0, 0.1) is 17.1 Å². The van der Waals surface area contributed by atoms with E-state index in [0.29, 0.717) is 28.3 Å². The zero-order chi connectivity index (χ0) is 32.0. The Morgan fingerprint density at radius 3 is 2.64 bits per heavy atom. The van der Waals surface area contributed by atoms with Crippen molar-refractivity contribution in [1.29, 1.82) is 5.26 Å². The predicted octanol–water partition coefficient (Wildman–Crippen LogP) is 6.61. The number of fused-ring (bicyclic) bond motifs is 1. The molecule has 2 atom stereocenters. The molecule has 1 aromatic carbocycles. The smallest absolute Gasteiger partial charge is 0.435 e. The molecule has 2 amide bonds. The lowest BCUT2D eigenvalue weighted by atomic mass is 9.83. The Balaban J connectivity index is 1.49. The number of rotatable bonds is 4. The molecule has 0 N–H and O–H groups in total. The van der Waals surface area contributed by atoms with Crippen molar-refractivity contribution in [1.82, 2.24) is 19.6 Å². The fraction of sp³-hybridized carbons (Fsp3) is 0.419. The van der Waals surface area contributed by atoms with Gasteiger partial charge in [0.15, 0.2) is 5.69 Å². The highest BCUT2D eigenvalue weighted by Crippen LogP contribution is 2.45. The fourth-order valence-corrected chi connectivity index (χ4v) is 6.78. The molecule has 4 heterocycles. The Hall–Kier alpha value is -4.18. The van der Waals surface area contributed by atoms with Crippen LogP contribution in [0.1, 0.15) is 66.1 Å². The number of nitrogens with zero attached hydrogens (tertiary/aromatic N) is 5. The van der Waals surface area contributed by atoms with Crippen LogP contribution < -0.4 is 0 Å². The Labute approximate surface area is 256 Å². The number of carbonyl (C=O) groups excluding carboxylic acids is 2. The quantitative estimate of drug-likeness (QED) is 0.239. The molecule has 232 valence electrons. The average Bonchev–Trinajstić information content (AvgIpc) is 3.67. The van der Waals surface area contributed by atoms with Gasteiger partial charge >= 0.3 is 12.3 Å². The standard InChI is InChI=1S/C31H31F4N5O3S/c1-30(2,3)43-29(42)40-12-6-7-18(40)10-11-26(41)39-16-22(21-13-19(14-36)44-25(21)17-39)20-8-5-9-24(32)27(20)23-15-38(4)37-28(23)31(33,34)35/h5,8-11,13,15,18,22H,6-7,12,16-17H2,1-4H3/b11-10+/t18-,22-/m0/s1. The van der Waals surface area contributed by atoms with Crippen LogP contribution in [-0.4, -0.2) is 56.3 Å². The molecule has 0 spiro atoms. The second kappa shape index (κ2) is 11.7. The second-order valence-corrected chi connectivity index (χ2v) is 13.0. The highest BCUT2D eigenvalue weighted by atomic mass is 32.1. The van der Waals surface area contributed by atoms with Crippen LogP contribution >= 0.6 is 11.3 Å². The average molecular weight is 630 g/mol. The molecule has 0 aliphatic carbocycles. The van der Waals surface area contributed by atoms with Gasteiger partial charge in [-0.25, -0.2) is 9.18 Å². The summed E-state index contributed by atoms with van der Waals surface area (Å²) in [5.41, 5.74) is -1.63. The summed E-state index contributed by atoms with van der Waals surface area (Å²) in [7, 11) is 1.33. The maximum atomic E-state index is 15.5. The van der Waals surface area contributed by atoms with E-state index in [1.807, 2.05) is 0 Å². The Bertz CT molecular complexity index is 1660. The summed E-state index contributed by atoms with van der Waals surface area (Å²) in [6, 6.07) is 7.47. The van der Waals surface area contributed by atoms with Gasteiger partial charge in [-0.05, 0) is 56.9 Å². The topological polar surface area (TPSA) is 91.5 Å². The van der Waals surface area contributed by atoms with E-state index in [1.54, 1.807) is 43.9 Å². The van der Waals surface area contributed by atoms with E-state index in [4.69, 9.17) is 4.74 Å². The number of amides is 2. The molecule has 8 nitrogen and oxygen atoms in total. The summed E-state index contributed by atoms with van der Waals surface area (Å²) in [5, 5.41) is 13.2. The molecule has 2 aromatic heterocycles. The summed E-state index contributed by atoms with van der Waals surface area (Å²) in [6.07, 6.45) is 0.305. The molecule has 2 aliphatic rings. The molecule has 0 saturated carbocycles. The zero-order valence-corrected chi connectivity index (χ0v) is 25.4. The van der Waals surface area contributed by atoms with Crippen molar-refractivity contribution < 1.29 is 31.9 Å². The molecule has 0 bridgehead atoms. The maximum absolute atomic E-state index is 15.5. The molecular weight excluding hydrogens is 598 g/mol. The van der Waals surface area contributed by atoms with Gasteiger partial charge in [0.2, 0.25) is 5.91 Å². The molecule has 5 rings (SSSR count). The number of alkyl halides is 3. The van der Waals surface area contributed by atoms with Crippen molar-refractivity contribution in [2.24, 2.45) is 7.05 Å². The Kier molecular flexibility index (Phi) is 8.33. The van der Waals surface area contributed by atoms with Crippen LogP contribution in [0.3, 0.4) is 0 Å². The molecule has 0 unspecified atom stereocenters. The van der Waals surface area contributed by atoms with Crippen molar-refractivity contribution in [2.75, 3.05) is 13.1 Å². The lowest BCUT2D eigenvalue weighted by Crippen LogP contribution is -2.40. The number of benzene rings is 1. The SMILES string of the molecule is Cn1cc(-c2c(F)cccc2[C@@H]2CN(C(=O)/C=C/[C@@H]3CCCN3C(=O)OC(C)(C)C)Cc3sc(C#N)cc32)c(C(F)(F)F)n1. The third-order valence-electron chi connectivity index (χ3n) is 7.55. The van der Waals surface area contributed by atoms with Crippen molar-refractivity contribution in [3.63, 3.8) is 0 Å². The third kappa shape index (κ3) is 6.36. The van der Waals surface area contributed by atoms with Crippen LogP contribution in [0.5, 0.6) is 0 Å². The van der Waals surface area contributed by atoms with E-state index >= 15 is 4.39 Å². The maximum Gasteiger partial charge on any atom is 0.435 e. The van der Waals surface area contributed by atoms with Gasteiger partial charge in [0.1, 0.15) is 22.4 Å². The number of likely N-dealkylation sites (tertiary alicyclic amines) is 1.